The van der Waals surface area contributed by atoms with Crippen molar-refractivity contribution in [1.29, 1.82) is 0 Å². The summed E-state index contributed by atoms with van der Waals surface area (Å²) in [6, 6.07) is 5.23. The largest absolute Gasteiger partial charge is 0.495 e. The average molecular weight is 314 g/mol. The molecular formula is C15H26N2O3S. The average Bonchev–Trinajstić information content (AvgIpc) is 2.47. The standard InChI is InChI=1S/C15H26N2O3S/c1-6-12(3)17(7-2)21(18,19)15-10-13(11-16-4)8-9-14(15)20-5/h8-10,12,16H,6-7,11H2,1-5H3. The van der Waals surface area contributed by atoms with Gasteiger partial charge in [0, 0.05) is 19.1 Å². The first kappa shape index (κ1) is 17.9. The molecule has 0 saturated heterocycles. The minimum atomic E-state index is -3.57. The Morgan fingerprint density at radius 3 is 2.48 bits per heavy atom. The number of hydrogen-bond donors (Lipinski definition) is 1. The van der Waals surface area contributed by atoms with Crippen LogP contribution in [0.2, 0.25) is 0 Å². The highest BCUT2D eigenvalue weighted by atomic mass is 32.2. The van der Waals surface area contributed by atoms with Gasteiger partial charge in [-0.05, 0) is 38.1 Å². The van der Waals surface area contributed by atoms with Crippen molar-refractivity contribution in [3.05, 3.63) is 23.8 Å². The summed E-state index contributed by atoms with van der Waals surface area (Å²) in [6.07, 6.45) is 0.769. The van der Waals surface area contributed by atoms with Gasteiger partial charge in [-0.15, -0.1) is 0 Å². The minimum absolute atomic E-state index is 0.0438. The molecular weight excluding hydrogens is 288 g/mol. The third-order valence-electron chi connectivity index (χ3n) is 3.59. The third-order valence-corrected chi connectivity index (χ3v) is 5.70. The van der Waals surface area contributed by atoms with Crippen LogP contribution < -0.4 is 10.1 Å². The van der Waals surface area contributed by atoms with E-state index in [1.54, 1.807) is 12.1 Å². The summed E-state index contributed by atoms with van der Waals surface area (Å²) in [4.78, 5) is 0.236. The van der Waals surface area contributed by atoms with Gasteiger partial charge < -0.3 is 10.1 Å². The van der Waals surface area contributed by atoms with Gasteiger partial charge in [0.2, 0.25) is 10.0 Å². The molecule has 0 aliphatic rings. The molecule has 120 valence electrons. The number of nitrogens with zero attached hydrogens (tertiary/aromatic N) is 1. The molecule has 0 heterocycles. The molecule has 1 aromatic carbocycles. The molecule has 0 aromatic heterocycles. The van der Waals surface area contributed by atoms with Crippen LogP contribution in [-0.2, 0) is 16.6 Å². The van der Waals surface area contributed by atoms with E-state index in [0.29, 0.717) is 18.8 Å². The number of methoxy groups -OCH3 is 1. The van der Waals surface area contributed by atoms with E-state index < -0.39 is 10.0 Å². The number of sulfonamides is 1. The van der Waals surface area contributed by atoms with Crippen molar-refractivity contribution < 1.29 is 13.2 Å². The van der Waals surface area contributed by atoms with Crippen molar-refractivity contribution in [3.63, 3.8) is 0 Å². The lowest BCUT2D eigenvalue weighted by molar-refractivity contribution is 0.338. The highest BCUT2D eigenvalue weighted by Gasteiger charge is 2.29. The molecule has 0 aliphatic heterocycles. The monoisotopic (exact) mass is 314 g/mol. The second kappa shape index (κ2) is 7.77. The highest BCUT2D eigenvalue weighted by molar-refractivity contribution is 7.89. The smallest absolute Gasteiger partial charge is 0.246 e. The summed E-state index contributed by atoms with van der Waals surface area (Å²) in [7, 11) is -0.245. The minimum Gasteiger partial charge on any atom is -0.495 e. The van der Waals surface area contributed by atoms with E-state index in [0.717, 1.165) is 12.0 Å². The maximum Gasteiger partial charge on any atom is 0.246 e. The zero-order valence-corrected chi connectivity index (χ0v) is 14.3. The SMILES string of the molecule is CCC(C)N(CC)S(=O)(=O)c1cc(CNC)ccc1OC. The zero-order valence-electron chi connectivity index (χ0n) is 13.5. The quantitative estimate of drug-likeness (QED) is 0.799. The summed E-state index contributed by atoms with van der Waals surface area (Å²) in [5.41, 5.74) is 0.914. The van der Waals surface area contributed by atoms with Crippen molar-refractivity contribution >= 4 is 10.0 Å². The summed E-state index contributed by atoms with van der Waals surface area (Å²) in [5.74, 6) is 0.386. The van der Waals surface area contributed by atoms with E-state index in [-0.39, 0.29) is 10.9 Å². The molecule has 0 bridgehead atoms. The van der Waals surface area contributed by atoms with Crippen LogP contribution in [0.15, 0.2) is 23.1 Å². The van der Waals surface area contributed by atoms with Crippen molar-refractivity contribution in [1.82, 2.24) is 9.62 Å². The Morgan fingerprint density at radius 2 is 2.00 bits per heavy atom. The number of nitrogens with one attached hydrogen (secondary N) is 1. The number of ether oxygens (including phenoxy) is 1. The van der Waals surface area contributed by atoms with Gasteiger partial charge in [-0.3, -0.25) is 0 Å². The third kappa shape index (κ3) is 3.96. The van der Waals surface area contributed by atoms with Crippen molar-refractivity contribution in [2.45, 2.75) is 44.7 Å². The van der Waals surface area contributed by atoms with E-state index in [4.69, 9.17) is 4.74 Å². The highest BCUT2D eigenvalue weighted by Crippen LogP contribution is 2.29. The molecule has 21 heavy (non-hydrogen) atoms. The van der Waals surface area contributed by atoms with E-state index in [9.17, 15) is 8.42 Å². The lowest BCUT2D eigenvalue weighted by Crippen LogP contribution is -2.38. The summed E-state index contributed by atoms with van der Waals surface area (Å²) in [6.45, 7) is 6.81. The lowest BCUT2D eigenvalue weighted by atomic mass is 10.2. The number of hydrogen-bond acceptors (Lipinski definition) is 4. The van der Waals surface area contributed by atoms with Gasteiger partial charge in [-0.25, -0.2) is 8.42 Å². The van der Waals surface area contributed by atoms with Crippen LogP contribution in [0.25, 0.3) is 0 Å². The predicted octanol–water partition coefficient (Wildman–Crippen LogP) is 2.22. The van der Waals surface area contributed by atoms with E-state index in [2.05, 4.69) is 5.32 Å². The molecule has 1 unspecified atom stereocenters. The molecule has 1 aromatic rings. The molecule has 0 fully saturated rings. The molecule has 0 saturated carbocycles. The van der Waals surface area contributed by atoms with Gasteiger partial charge in [0.05, 0.1) is 7.11 Å². The summed E-state index contributed by atoms with van der Waals surface area (Å²) in [5, 5.41) is 3.03. The normalized spacial score (nSPS) is 13.4. The topological polar surface area (TPSA) is 58.6 Å². The van der Waals surface area contributed by atoms with Crippen molar-refractivity contribution in [2.24, 2.45) is 0 Å². The van der Waals surface area contributed by atoms with Gasteiger partial charge >= 0.3 is 0 Å². The molecule has 0 amide bonds. The van der Waals surface area contributed by atoms with Gasteiger partial charge in [0.1, 0.15) is 10.6 Å². The fourth-order valence-electron chi connectivity index (χ4n) is 2.29. The number of benzene rings is 1. The molecule has 5 nitrogen and oxygen atoms in total. The van der Waals surface area contributed by atoms with E-state index >= 15 is 0 Å². The molecule has 0 radical (unpaired) electrons. The Balaban J connectivity index is 3.36. The second-order valence-electron chi connectivity index (χ2n) is 4.98. The van der Waals surface area contributed by atoms with E-state index in [1.165, 1.54) is 11.4 Å². The Labute approximate surface area is 128 Å². The first-order valence-electron chi connectivity index (χ1n) is 7.25. The van der Waals surface area contributed by atoms with Crippen molar-refractivity contribution in [2.75, 3.05) is 20.7 Å². The van der Waals surface area contributed by atoms with Crippen molar-refractivity contribution in [3.8, 4) is 5.75 Å². The maximum atomic E-state index is 12.9. The van der Waals surface area contributed by atoms with Crippen LogP contribution in [0.4, 0.5) is 0 Å². The first-order valence-corrected chi connectivity index (χ1v) is 8.69. The first-order chi connectivity index (χ1) is 9.92. The van der Waals surface area contributed by atoms with Gasteiger partial charge in [-0.1, -0.05) is 19.9 Å². The molecule has 1 rings (SSSR count). The van der Waals surface area contributed by atoms with Crippen LogP contribution >= 0.6 is 0 Å². The molecule has 0 aliphatic carbocycles. The maximum absolute atomic E-state index is 12.9. The fraction of sp³-hybridized carbons (Fsp3) is 0.600. The Morgan fingerprint density at radius 1 is 1.33 bits per heavy atom. The molecule has 6 heteroatoms. The second-order valence-corrected chi connectivity index (χ2v) is 6.84. The van der Waals surface area contributed by atoms with E-state index in [1.807, 2.05) is 33.9 Å². The Bertz CT molecular complexity index is 558. The van der Waals surface area contributed by atoms with Crippen LogP contribution in [0.3, 0.4) is 0 Å². The summed E-state index contributed by atoms with van der Waals surface area (Å²) < 4.78 is 32.6. The molecule has 0 spiro atoms. The molecule has 1 atom stereocenters. The van der Waals surface area contributed by atoms with Gasteiger partial charge in [0.25, 0.3) is 0 Å². The van der Waals surface area contributed by atoms with Gasteiger partial charge in [-0.2, -0.15) is 4.31 Å². The van der Waals surface area contributed by atoms with Crippen LogP contribution in [-0.4, -0.2) is 39.5 Å². The number of rotatable bonds is 8. The Kier molecular flexibility index (Phi) is 6.64. The van der Waals surface area contributed by atoms with Crippen LogP contribution in [0.1, 0.15) is 32.8 Å². The van der Waals surface area contributed by atoms with Crippen LogP contribution in [0, 0.1) is 0 Å². The lowest BCUT2D eigenvalue weighted by Gasteiger charge is -2.27. The summed E-state index contributed by atoms with van der Waals surface area (Å²) >= 11 is 0. The van der Waals surface area contributed by atoms with Crippen LogP contribution in [0.5, 0.6) is 5.75 Å². The zero-order chi connectivity index (χ0) is 16.0. The fourth-order valence-corrected chi connectivity index (χ4v) is 4.21. The van der Waals surface area contributed by atoms with Gasteiger partial charge in [0.15, 0.2) is 0 Å². The molecule has 1 N–H and O–H groups in total. The Hall–Kier alpha value is -1.11. The predicted molar refractivity (Wildman–Crippen MR) is 85.1 cm³/mol.